The second-order valence-corrected chi connectivity index (χ2v) is 13.6. The highest BCUT2D eigenvalue weighted by molar-refractivity contribution is 4.93. The van der Waals surface area contributed by atoms with E-state index in [4.69, 9.17) is 0 Å². The maximum Gasteiger partial charge on any atom is -0.0334 e. The molecule has 0 aliphatic heterocycles. The summed E-state index contributed by atoms with van der Waals surface area (Å²) in [7, 11) is 0. The van der Waals surface area contributed by atoms with Gasteiger partial charge in [0.1, 0.15) is 0 Å². The summed E-state index contributed by atoms with van der Waals surface area (Å²) in [6.45, 7) is 20.3. The smallest absolute Gasteiger partial charge is 0.0334 e. The van der Waals surface area contributed by atoms with Crippen LogP contribution in [-0.2, 0) is 0 Å². The fraction of sp³-hybridized carbons (Fsp3) is 1.00. The van der Waals surface area contributed by atoms with Gasteiger partial charge < -0.3 is 0 Å². The molecule has 0 aromatic carbocycles. The largest absolute Gasteiger partial charge is 0.0625 e. The van der Waals surface area contributed by atoms with Crippen molar-refractivity contribution in [3.8, 4) is 0 Å². The molecule has 8 atom stereocenters. The third-order valence-electron chi connectivity index (χ3n) is 10.2. The molecule has 29 heavy (non-hydrogen) atoms. The van der Waals surface area contributed by atoms with Crippen LogP contribution in [0.25, 0.3) is 0 Å². The van der Waals surface area contributed by atoms with Crippen LogP contribution in [0, 0.1) is 64.6 Å². The Morgan fingerprint density at radius 2 is 1.24 bits per heavy atom. The molecule has 0 heteroatoms. The van der Waals surface area contributed by atoms with Crippen molar-refractivity contribution in [2.45, 2.75) is 120 Å². The lowest BCUT2D eigenvalue weighted by Crippen LogP contribution is -2.41. The van der Waals surface area contributed by atoms with Gasteiger partial charge in [-0.2, -0.15) is 0 Å². The van der Waals surface area contributed by atoms with Gasteiger partial charge in [0.25, 0.3) is 0 Å². The minimum atomic E-state index is 0.471. The molecule has 3 aliphatic rings. The van der Waals surface area contributed by atoms with Crippen molar-refractivity contribution in [3.05, 3.63) is 0 Å². The van der Waals surface area contributed by atoms with Crippen LogP contribution in [0.1, 0.15) is 120 Å². The summed E-state index contributed by atoms with van der Waals surface area (Å²) in [6, 6.07) is 0. The maximum absolute atomic E-state index is 2.69. The topological polar surface area (TPSA) is 0 Å². The Hall–Kier alpha value is 0. The SMILES string of the molecule is CC(C)C1CC(C(C)C(C(C)C)C2CCC3CCCCC3C2)CC(C(C)(C)C)C1. The Morgan fingerprint density at radius 3 is 1.83 bits per heavy atom. The summed E-state index contributed by atoms with van der Waals surface area (Å²) < 4.78 is 0. The first-order valence-electron chi connectivity index (χ1n) is 13.6. The van der Waals surface area contributed by atoms with Crippen molar-refractivity contribution in [2.24, 2.45) is 64.6 Å². The lowest BCUT2D eigenvalue weighted by Gasteiger charge is -2.49. The lowest BCUT2D eigenvalue weighted by molar-refractivity contribution is 0.00274. The third-order valence-corrected chi connectivity index (χ3v) is 10.2. The fourth-order valence-electron chi connectivity index (χ4n) is 8.24. The molecular weight excluding hydrogens is 348 g/mol. The van der Waals surface area contributed by atoms with Crippen LogP contribution < -0.4 is 0 Å². The van der Waals surface area contributed by atoms with Gasteiger partial charge in [0.15, 0.2) is 0 Å². The average molecular weight is 403 g/mol. The predicted molar refractivity (Wildman–Crippen MR) is 129 cm³/mol. The predicted octanol–water partition coefficient (Wildman–Crippen LogP) is 9.24. The summed E-state index contributed by atoms with van der Waals surface area (Å²) in [5.74, 6) is 9.56. The van der Waals surface area contributed by atoms with Crippen LogP contribution in [0.2, 0.25) is 0 Å². The second kappa shape index (κ2) is 9.65. The number of hydrogen-bond donors (Lipinski definition) is 0. The van der Waals surface area contributed by atoms with Crippen molar-refractivity contribution < 1.29 is 0 Å². The molecule has 0 spiro atoms. The van der Waals surface area contributed by atoms with Crippen molar-refractivity contribution in [1.29, 1.82) is 0 Å². The van der Waals surface area contributed by atoms with E-state index < -0.39 is 0 Å². The van der Waals surface area contributed by atoms with E-state index in [0.717, 1.165) is 59.2 Å². The molecule has 170 valence electrons. The van der Waals surface area contributed by atoms with E-state index in [9.17, 15) is 0 Å². The molecule has 0 radical (unpaired) electrons. The summed E-state index contributed by atoms with van der Waals surface area (Å²) in [6.07, 6.45) is 15.3. The molecule has 0 heterocycles. The first-order valence-corrected chi connectivity index (χ1v) is 13.6. The molecule has 0 aromatic rings. The summed E-state index contributed by atoms with van der Waals surface area (Å²) in [5, 5.41) is 0. The van der Waals surface area contributed by atoms with Gasteiger partial charge in [0, 0.05) is 0 Å². The minimum absolute atomic E-state index is 0.471. The molecule has 8 unspecified atom stereocenters. The first-order chi connectivity index (χ1) is 13.6. The van der Waals surface area contributed by atoms with Gasteiger partial charge in [-0.3, -0.25) is 0 Å². The van der Waals surface area contributed by atoms with Crippen LogP contribution in [0.15, 0.2) is 0 Å². The van der Waals surface area contributed by atoms with Gasteiger partial charge in [-0.1, -0.05) is 81.1 Å². The first kappa shape index (κ1) is 23.7. The fourth-order valence-corrected chi connectivity index (χ4v) is 8.24. The van der Waals surface area contributed by atoms with Crippen molar-refractivity contribution in [2.75, 3.05) is 0 Å². The van der Waals surface area contributed by atoms with E-state index in [1.54, 1.807) is 25.7 Å². The zero-order valence-corrected chi connectivity index (χ0v) is 21.3. The average Bonchev–Trinajstić information content (AvgIpc) is 2.66. The number of fused-ring (bicyclic) bond motifs is 1. The molecule has 3 saturated carbocycles. The molecular formula is C29H54. The van der Waals surface area contributed by atoms with Crippen molar-refractivity contribution in [3.63, 3.8) is 0 Å². The highest BCUT2D eigenvalue weighted by Gasteiger charge is 2.43. The monoisotopic (exact) mass is 402 g/mol. The van der Waals surface area contributed by atoms with Crippen LogP contribution in [0.5, 0.6) is 0 Å². The van der Waals surface area contributed by atoms with Crippen LogP contribution in [0.3, 0.4) is 0 Å². The Kier molecular flexibility index (Phi) is 7.87. The molecule has 0 N–H and O–H groups in total. The molecule has 3 rings (SSSR count). The summed E-state index contributed by atoms with van der Waals surface area (Å²) in [4.78, 5) is 0. The summed E-state index contributed by atoms with van der Waals surface area (Å²) >= 11 is 0. The van der Waals surface area contributed by atoms with E-state index in [2.05, 4.69) is 55.4 Å². The number of hydrogen-bond acceptors (Lipinski definition) is 0. The lowest BCUT2D eigenvalue weighted by atomic mass is 9.56. The van der Waals surface area contributed by atoms with Gasteiger partial charge in [-0.15, -0.1) is 0 Å². The van der Waals surface area contributed by atoms with E-state index >= 15 is 0 Å². The normalized spacial score (nSPS) is 38.7. The third kappa shape index (κ3) is 5.63. The van der Waals surface area contributed by atoms with E-state index in [-0.39, 0.29) is 0 Å². The van der Waals surface area contributed by atoms with Gasteiger partial charge >= 0.3 is 0 Å². The van der Waals surface area contributed by atoms with Gasteiger partial charge in [0.2, 0.25) is 0 Å². The van der Waals surface area contributed by atoms with E-state index in [1.165, 1.54) is 38.5 Å². The molecule has 0 aromatic heterocycles. The maximum atomic E-state index is 2.69. The van der Waals surface area contributed by atoms with Crippen molar-refractivity contribution in [1.82, 2.24) is 0 Å². The highest BCUT2D eigenvalue weighted by atomic mass is 14.5. The molecule has 0 bridgehead atoms. The molecule has 0 saturated heterocycles. The van der Waals surface area contributed by atoms with Crippen LogP contribution >= 0.6 is 0 Å². The minimum Gasteiger partial charge on any atom is -0.0625 e. The molecule has 0 amide bonds. The Morgan fingerprint density at radius 1 is 0.621 bits per heavy atom. The standard InChI is InChI=1S/C29H54/c1-19(2)25-16-26(18-27(17-25)29(6,7)8)21(5)28(20(3)4)24-14-13-22-11-9-10-12-23(22)15-24/h19-28H,9-18H2,1-8H3. The Labute approximate surface area is 184 Å². The van der Waals surface area contributed by atoms with Gasteiger partial charge in [-0.05, 0) is 103 Å². The molecule has 3 aliphatic carbocycles. The highest BCUT2D eigenvalue weighted by Crippen LogP contribution is 2.52. The van der Waals surface area contributed by atoms with Crippen molar-refractivity contribution >= 4 is 0 Å². The molecule has 0 nitrogen and oxygen atoms in total. The molecule has 3 fully saturated rings. The van der Waals surface area contributed by atoms with Gasteiger partial charge in [0.05, 0.1) is 0 Å². The second-order valence-electron chi connectivity index (χ2n) is 13.6. The number of rotatable bonds is 5. The van der Waals surface area contributed by atoms with Gasteiger partial charge in [-0.25, -0.2) is 0 Å². The van der Waals surface area contributed by atoms with Crippen LogP contribution in [0.4, 0.5) is 0 Å². The van der Waals surface area contributed by atoms with E-state index in [0.29, 0.717) is 5.41 Å². The van der Waals surface area contributed by atoms with E-state index in [1.807, 2.05) is 0 Å². The van der Waals surface area contributed by atoms with Crippen LogP contribution in [-0.4, -0.2) is 0 Å². The summed E-state index contributed by atoms with van der Waals surface area (Å²) in [5.41, 5.74) is 0.471. The Balaban J connectivity index is 1.74. The Bertz CT molecular complexity index is 495. The zero-order valence-electron chi connectivity index (χ0n) is 21.3. The quantitative estimate of drug-likeness (QED) is 0.430. The zero-order chi connectivity index (χ0) is 21.3.